The maximum atomic E-state index is 12.8. The Balaban J connectivity index is 1.74. The Morgan fingerprint density at radius 3 is 2.48 bits per heavy atom. The third-order valence-corrected chi connectivity index (χ3v) is 8.75. The van der Waals surface area contributed by atoms with E-state index in [0.29, 0.717) is 30.2 Å². The predicted octanol–water partition coefficient (Wildman–Crippen LogP) is 3.35. The predicted molar refractivity (Wildman–Crippen MR) is 123 cm³/mol. The van der Waals surface area contributed by atoms with Crippen LogP contribution < -0.4 is 4.72 Å². The topological polar surface area (TPSA) is 96.3 Å². The number of hydrogen-bond acceptors (Lipinski definition) is 6. The molecule has 1 N–H and O–H groups in total. The van der Waals surface area contributed by atoms with Gasteiger partial charge in [-0.05, 0) is 94.4 Å². The highest BCUT2D eigenvalue weighted by atomic mass is 127. The van der Waals surface area contributed by atoms with E-state index in [1.807, 2.05) is 20.8 Å². The molecule has 2 aliphatic carbocycles. The van der Waals surface area contributed by atoms with Gasteiger partial charge < -0.3 is 4.55 Å². The number of rotatable bonds is 8. The molecule has 2 fully saturated rings. The molecule has 0 radical (unpaired) electrons. The molecule has 0 saturated heterocycles. The fourth-order valence-corrected chi connectivity index (χ4v) is 6.45. The van der Waals surface area contributed by atoms with Crippen LogP contribution in [0.2, 0.25) is 0 Å². The van der Waals surface area contributed by atoms with Gasteiger partial charge in [-0.15, -0.1) is 4.72 Å². The van der Waals surface area contributed by atoms with Crippen LogP contribution in [0.25, 0.3) is 0 Å². The third kappa shape index (κ3) is 5.49. The molecule has 1 aromatic heterocycles. The van der Waals surface area contributed by atoms with Crippen molar-refractivity contribution in [1.82, 2.24) is 14.5 Å². The van der Waals surface area contributed by atoms with E-state index in [-0.39, 0.29) is 16.9 Å². The van der Waals surface area contributed by atoms with Crippen LogP contribution in [0.4, 0.5) is 0 Å². The van der Waals surface area contributed by atoms with Crippen LogP contribution in [-0.4, -0.2) is 45.9 Å². The molecule has 0 aliphatic heterocycles. The minimum atomic E-state index is -3.48. The highest BCUT2D eigenvalue weighted by Gasteiger charge is 2.64. The van der Waals surface area contributed by atoms with Gasteiger partial charge in [-0.3, -0.25) is 8.86 Å². The van der Waals surface area contributed by atoms with Gasteiger partial charge in [0.15, 0.2) is 0 Å². The molecule has 0 amide bonds. The number of hydrogen-bond donors (Lipinski definition) is 1. The SMILES string of the molecule is CC(C)n1nc(I)cc1[C@H]1[C@@H]2C[C@](CCOS(C)(=O)=O)(N[S@@+]([O-])C(C)(C)C)C[C@@H]21. The van der Waals surface area contributed by atoms with Gasteiger partial charge in [0.1, 0.15) is 8.45 Å². The summed E-state index contributed by atoms with van der Waals surface area (Å²) in [4.78, 5) is 0. The Kier molecular flexibility index (Phi) is 6.75. The molecule has 5 atom stereocenters. The highest BCUT2D eigenvalue weighted by molar-refractivity contribution is 14.1. The Labute approximate surface area is 191 Å². The van der Waals surface area contributed by atoms with E-state index in [1.54, 1.807) is 0 Å². The van der Waals surface area contributed by atoms with Crippen LogP contribution >= 0.6 is 22.6 Å². The molecular formula is C19H32IN3O4S2. The summed E-state index contributed by atoms with van der Waals surface area (Å²) in [5.74, 6) is 1.48. The van der Waals surface area contributed by atoms with E-state index in [0.717, 1.165) is 22.8 Å². The first-order valence-corrected chi connectivity index (χ1v) is 14.1. The van der Waals surface area contributed by atoms with Crippen molar-refractivity contribution in [2.45, 2.75) is 76.1 Å². The average molecular weight is 558 g/mol. The zero-order valence-electron chi connectivity index (χ0n) is 17.9. The van der Waals surface area contributed by atoms with Gasteiger partial charge in [0.2, 0.25) is 0 Å². The van der Waals surface area contributed by atoms with Crippen LogP contribution in [0.1, 0.15) is 71.5 Å². The van der Waals surface area contributed by atoms with Crippen molar-refractivity contribution in [2.75, 3.05) is 12.9 Å². The summed E-state index contributed by atoms with van der Waals surface area (Å²) in [6.07, 6.45) is 3.34. The van der Waals surface area contributed by atoms with Crippen molar-refractivity contribution in [3.63, 3.8) is 0 Å². The minimum Gasteiger partial charge on any atom is -0.598 e. The van der Waals surface area contributed by atoms with E-state index in [9.17, 15) is 13.0 Å². The molecule has 2 aliphatic rings. The molecule has 2 saturated carbocycles. The number of aromatic nitrogens is 2. The second-order valence-electron chi connectivity index (χ2n) is 9.73. The number of nitrogens with zero attached hydrogens (tertiary/aromatic N) is 2. The molecule has 3 rings (SSSR count). The Hall–Kier alpha value is 0.120. The lowest BCUT2D eigenvalue weighted by molar-refractivity contribution is 0.236. The molecule has 1 heterocycles. The van der Waals surface area contributed by atoms with Crippen molar-refractivity contribution in [3.05, 3.63) is 15.5 Å². The third-order valence-electron chi connectivity index (χ3n) is 5.89. The first-order valence-electron chi connectivity index (χ1n) is 10.0. The molecule has 0 aromatic carbocycles. The summed E-state index contributed by atoms with van der Waals surface area (Å²) in [5, 5.41) is 4.64. The van der Waals surface area contributed by atoms with E-state index in [2.05, 4.69) is 57.0 Å². The van der Waals surface area contributed by atoms with Crippen molar-refractivity contribution < 1.29 is 17.2 Å². The van der Waals surface area contributed by atoms with Crippen molar-refractivity contribution >= 4 is 44.1 Å². The summed E-state index contributed by atoms with van der Waals surface area (Å²) < 4.78 is 46.7. The van der Waals surface area contributed by atoms with Crippen LogP contribution in [0, 0.1) is 15.5 Å². The maximum absolute atomic E-state index is 12.8. The zero-order valence-corrected chi connectivity index (χ0v) is 21.7. The van der Waals surface area contributed by atoms with Gasteiger partial charge in [-0.25, -0.2) is 0 Å². The van der Waals surface area contributed by atoms with E-state index >= 15 is 0 Å². The first-order chi connectivity index (χ1) is 13.2. The van der Waals surface area contributed by atoms with Crippen molar-refractivity contribution in [1.29, 1.82) is 0 Å². The molecule has 7 nitrogen and oxygen atoms in total. The average Bonchev–Trinajstić information content (AvgIpc) is 2.88. The standard InChI is InChI=1S/C19H32IN3O4S2/c1-12(2)23-15(9-16(20)21-23)17-13-10-19(11-14(13)17,7-8-27-29(6,25)26)22-28(24)18(3,4)5/h9,12-14,17,22H,7-8,10-11H2,1-6H3/t13-,14+,17+,19+,28-/m0/s1. The molecule has 10 heteroatoms. The number of halogens is 1. The lowest BCUT2D eigenvalue weighted by Crippen LogP contribution is -2.53. The number of nitrogens with one attached hydrogen (secondary N) is 1. The lowest BCUT2D eigenvalue weighted by atomic mass is 9.88. The highest BCUT2D eigenvalue weighted by Crippen LogP contribution is 2.66. The molecule has 0 bridgehead atoms. The summed E-state index contributed by atoms with van der Waals surface area (Å²) >= 11 is 1.04. The smallest absolute Gasteiger partial charge is 0.264 e. The Morgan fingerprint density at radius 2 is 2.00 bits per heavy atom. The van der Waals surface area contributed by atoms with E-state index < -0.39 is 21.5 Å². The van der Waals surface area contributed by atoms with Gasteiger partial charge in [0, 0.05) is 29.0 Å². The molecule has 0 spiro atoms. The second-order valence-corrected chi connectivity index (χ2v) is 14.4. The summed E-state index contributed by atoms with van der Waals surface area (Å²) in [5.41, 5.74) is 0.933. The Bertz CT molecular complexity index is 838. The molecule has 0 unspecified atom stereocenters. The minimum absolute atomic E-state index is 0.110. The van der Waals surface area contributed by atoms with Crippen LogP contribution in [-0.2, 0) is 25.7 Å². The zero-order chi connectivity index (χ0) is 21.8. The van der Waals surface area contributed by atoms with Gasteiger partial charge in [0.25, 0.3) is 10.1 Å². The number of fused-ring (bicyclic) bond motifs is 1. The summed E-state index contributed by atoms with van der Waals surface area (Å²) in [7, 11) is -3.48. The fourth-order valence-electron chi connectivity index (χ4n) is 4.54. The maximum Gasteiger partial charge on any atom is 0.264 e. The normalized spacial score (nSPS) is 30.6. The summed E-state index contributed by atoms with van der Waals surface area (Å²) in [6, 6.07) is 2.49. The fraction of sp³-hybridized carbons (Fsp3) is 0.842. The van der Waals surface area contributed by atoms with Crippen LogP contribution in [0.5, 0.6) is 0 Å². The molecular weight excluding hydrogens is 525 g/mol. The van der Waals surface area contributed by atoms with Crippen molar-refractivity contribution in [3.8, 4) is 0 Å². The Morgan fingerprint density at radius 1 is 1.41 bits per heavy atom. The van der Waals surface area contributed by atoms with Gasteiger partial charge in [-0.1, -0.05) is 0 Å². The van der Waals surface area contributed by atoms with Gasteiger partial charge >= 0.3 is 0 Å². The lowest BCUT2D eigenvalue weighted by Gasteiger charge is -2.36. The second kappa shape index (κ2) is 8.23. The van der Waals surface area contributed by atoms with E-state index in [1.165, 1.54) is 5.69 Å². The summed E-state index contributed by atoms with van der Waals surface area (Å²) in [6.45, 7) is 10.2. The monoisotopic (exact) mass is 557 g/mol. The van der Waals surface area contributed by atoms with Crippen LogP contribution in [0.3, 0.4) is 0 Å². The van der Waals surface area contributed by atoms with Crippen molar-refractivity contribution in [2.24, 2.45) is 11.8 Å². The van der Waals surface area contributed by atoms with Crippen LogP contribution in [0.15, 0.2) is 6.07 Å². The van der Waals surface area contributed by atoms with Gasteiger partial charge in [-0.2, -0.15) is 13.5 Å². The van der Waals surface area contributed by atoms with Gasteiger partial charge in [0.05, 0.1) is 18.4 Å². The first kappa shape index (κ1) is 23.8. The molecule has 166 valence electrons. The molecule has 1 aromatic rings. The molecule has 29 heavy (non-hydrogen) atoms. The quantitative estimate of drug-likeness (QED) is 0.299. The largest absolute Gasteiger partial charge is 0.598 e. The van der Waals surface area contributed by atoms with E-state index in [4.69, 9.17) is 4.18 Å².